The molecule has 0 amide bonds. The van der Waals surface area contributed by atoms with Crippen molar-refractivity contribution in [3.8, 4) is 0 Å². The Labute approximate surface area is 181 Å². The summed E-state index contributed by atoms with van der Waals surface area (Å²) in [4.78, 5) is 2.72. The maximum absolute atomic E-state index is 12.2. The Kier molecular flexibility index (Phi) is 6.06. The van der Waals surface area contributed by atoms with Crippen molar-refractivity contribution in [2.24, 2.45) is 5.92 Å². The molecule has 1 aliphatic carbocycles. The first-order chi connectivity index (χ1) is 13.7. The van der Waals surface area contributed by atoms with Gasteiger partial charge in [0, 0.05) is 6.04 Å². The first-order valence-electron chi connectivity index (χ1n) is 11.3. The molecule has 2 aromatic carbocycles. The van der Waals surface area contributed by atoms with Crippen LogP contribution >= 0.6 is 12.4 Å². The van der Waals surface area contributed by atoms with Crippen LogP contribution in [0.4, 0.5) is 0 Å². The fourth-order valence-electron chi connectivity index (χ4n) is 6.62. The molecule has 2 bridgehead atoms. The molecule has 0 spiro atoms. The van der Waals surface area contributed by atoms with E-state index in [1.54, 1.807) is 0 Å². The zero-order valence-corrected chi connectivity index (χ0v) is 18.1. The van der Waals surface area contributed by atoms with Gasteiger partial charge in [-0.25, -0.2) is 0 Å². The lowest BCUT2D eigenvalue weighted by Crippen LogP contribution is -2.57. The molecule has 2 nitrogen and oxygen atoms in total. The van der Waals surface area contributed by atoms with Gasteiger partial charge in [-0.1, -0.05) is 73.5 Å². The largest absolute Gasteiger partial charge is 0.389 e. The number of hydrogen-bond acceptors (Lipinski definition) is 2. The van der Waals surface area contributed by atoms with Gasteiger partial charge in [0.05, 0.1) is 11.0 Å². The molecular formula is C26H34ClNO. The Bertz CT molecular complexity index is 739. The number of aliphatic hydroxyl groups is 1. The third kappa shape index (κ3) is 3.54. The fourth-order valence-corrected chi connectivity index (χ4v) is 6.62. The first kappa shape index (κ1) is 20.9. The first-order valence-corrected chi connectivity index (χ1v) is 11.3. The zero-order chi connectivity index (χ0) is 19.0. The van der Waals surface area contributed by atoms with Crippen molar-refractivity contribution in [2.75, 3.05) is 13.1 Å². The van der Waals surface area contributed by atoms with Crippen LogP contribution in [0.2, 0.25) is 0 Å². The summed E-state index contributed by atoms with van der Waals surface area (Å²) in [7, 11) is 0. The molecule has 1 N–H and O–H groups in total. The number of hydrogen-bond donors (Lipinski definition) is 1. The van der Waals surface area contributed by atoms with Gasteiger partial charge in [-0.3, -0.25) is 0 Å². The predicted octanol–water partition coefficient (Wildman–Crippen LogP) is 5.57. The molecule has 1 saturated carbocycles. The van der Waals surface area contributed by atoms with Crippen LogP contribution in [0.5, 0.6) is 0 Å². The minimum absolute atomic E-state index is 0. The van der Waals surface area contributed by atoms with Gasteiger partial charge in [-0.2, -0.15) is 0 Å². The van der Waals surface area contributed by atoms with Crippen LogP contribution in [0.15, 0.2) is 60.7 Å². The zero-order valence-electron chi connectivity index (χ0n) is 17.3. The van der Waals surface area contributed by atoms with Crippen LogP contribution in [-0.2, 0) is 5.41 Å². The van der Waals surface area contributed by atoms with Gasteiger partial charge < -0.3 is 10.0 Å². The van der Waals surface area contributed by atoms with Gasteiger partial charge >= 0.3 is 0 Å². The summed E-state index contributed by atoms with van der Waals surface area (Å²) in [5.41, 5.74) is 1.61. The highest BCUT2D eigenvalue weighted by Gasteiger charge is 2.55. The molecule has 3 heteroatoms. The van der Waals surface area contributed by atoms with Gasteiger partial charge in [0.1, 0.15) is 0 Å². The van der Waals surface area contributed by atoms with E-state index in [4.69, 9.17) is 0 Å². The molecule has 3 saturated heterocycles. The fraction of sp³-hybridized carbons (Fsp3) is 0.538. The van der Waals surface area contributed by atoms with Gasteiger partial charge in [0.25, 0.3) is 0 Å². The molecule has 6 rings (SSSR count). The third-order valence-electron chi connectivity index (χ3n) is 8.07. The van der Waals surface area contributed by atoms with Crippen molar-refractivity contribution >= 4 is 12.4 Å². The Morgan fingerprint density at radius 2 is 1.38 bits per heavy atom. The quantitative estimate of drug-likeness (QED) is 0.694. The number of nitrogens with zero attached hydrogens (tertiary/aromatic N) is 1. The van der Waals surface area contributed by atoms with Gasteiger partial charge in [0.2, 0.25) is 0 Å². The van der Waals surface area contributed by atoms with E-state index in [0.717, 1.165) is 38.0 Å². The predicted molar refractivity (Wildman–Crippen MR) is 122 cm³/mol. The van der Waals surface area contributed by atoms with E-state index < -0.39 is 5.60 Å². The average Bonchev–Trinajstić information content (AvgIpc) is 3.22. The second-order valence-corrected chi connectivity index (χ2v) is 9.45. The van der Waals surface area contributed by atoms with Gasteiger partial charge in [-0.15, -0.1) is 12.4 Å². The third-order valence-corrected chi connectivity index (χ3v) is 8.07. The molecule has 2 aromatic rings. The molecule has 1 unspecified atom stereocenters. The minimum atomic E-state index is -0.659. The standard InChI is InChI=1S/C26H33NO.ClH/c28-25(15-7-8-16-25)26(22-9-3-1-4-10-22,23-11-5-2-6-12-23)20-24-19-21-13-17-27(24)18-14-21;/h1-6,9-12,21,24,28H,7-8,13-20H2;1H. The molecule has 0 aromatic heterocycles. The highest BCUT2D eigenvalue weighted by Crippen LogP contribution is 2.54. The van der Waals surface area contributed by atoms with E-state index in [1.165, 1.54) is 43.5 Å². The molecule has 1 atom stereocenters. The maximum Gasteiger partial charge on any atom is 0.0785 e. The van der Waals surface area contributed by atoms with E-state index in [2.05, 4.69) is 65.6 Å². The van der Waals surface area contributed by atoms with E-state index in [-0.39, 0.29) is 17.8 Å². The van der Waals surface area contributed by atoms with Crippen molar-refractivity contribution < 1.29 is 5.11 Å². The molecule has 29 heavy (non-hydrogen) atoms. The second kappa shape index (κ2) is 8.41. The number of halogens is 1. The smallest absolute Gasteiger partial charge is 0.0785 e. The molecule has 4 aliphatic rings. The molecule has 4 fully saturated rings. The average molecular weight is 412 g/mol. The summed E-state index contributed by atoms with van der Waals surface area (Å²) in [5.74, 6) is 0.887. The lowest BCUT2D eigenvalue weighted by atomic mass is 9.58. The van der Waals surface area contributed by atoms with Crippen LogP contribution in [0.1, 0.15) is 62.5 Å². The molecule has 0 radical (unpaired) electrons. The van der Waals surface area contributed by atoms with E-state index in [1.807, 2.05) is 0 Å². The van der Waals surface area contributed by atoms with E-state index in [9.17, 15) is 5.11 Å². The van der Waals surface area contributed by atoms with Gasteiger partial charge in [-0.05, 0) is 68.7 Å². The summed E-state index contributed by atoms with van der Waals surface area (Å²) in [6.45, 7) is 2.49. The highest BCUT2D eigenvalue weighted by molar-refractivity contribution is 5.85. The maximum atomic E-state index is 12.2. The van der Waals surface area contributed by atoms with Crippen LogP contribution in [-0.4, -0.2) is 34.7 Å². The van der Waals surface area contributed by atoms with Crippen LogP contribution in [0, 0.1) is 5.92 Å². The molecular weight excluding hydrogens is 378 g/mol. The number of rotatable bonds is 5. The number of piperidine rings is 3. The lowest BCUT2D eigenvalue weighted by molar-refractivity contribution is -0.0463. The normalized spacial score (nSPS) is 28.1. The minimum Gasteiger partial charge on any atom is -0.389 e. The summed E-state index contributed by atoms with van der Waals surface area (Å²) in [6, 6.07) is 22.4. The van der Waals surface area contributed by atoms with Gasteiger partial charge in [0.15, 0.2) is 0 Å². The SMILES string of the molecule is Cl.OC1(C(CC2CC3CCN2CC3)(c2ccccc2)c2ccccc2)CCCC1. The van der Waals surface area contributed by atoms with Crippen molar-refractivity contribution in [1.29, 1.82) is 0 Å². The van der Waals surface area contributed by atoms with Crippen LogP contribution < -0.4 is 0 Å². The van der Waals surface area contributed by atoms with Crippen LogP contribution in [0.25, 0.3) is 0 Å². The lowest BCUT2D eigenvalue weighted by Gasteiger charge is -2.53. The molecule has 156 valence electrons. The van der Waals surface area contributed by atoms with Crippen molar-refractivity contribution in [1.82, 2.24) is 4.90 Å². The Hall–Kier alpha value is -1.35. The van der Waals surface area contributed by atoms with Crippen LogP contribution in [0.3, 0.4) is 0 Å². The Balaban J connectivity index is 0.00000205. The topological polar surface area (TPSA) is 23.5 Å². The Morgan fingerprint density at radius 1 is 0.862 bits per heavy atom. The molecule has 3 heterocycles. The monoisotopic (exact) mass is 411 g/mol. The second-order valence-electron chi connectivity index (χ2n) is 9.45. The van der Waals surface area contributed by atoms with Crippen molar-refractivity contribution in [3.05, 3.63) is 71.8 Å². The highest BCUT2D eigenvalue weighted by atomic mass is 35.5. The summed E-state index contributed by atoms with van der Waals surface area (Å²) < 4.78 is 0. The Morgan fingerprint density at radius 3 is 1.83 bits per heavy atom. The summed E-state index contributed by atoms with van der Waals surface area (Å²) in [6.07, 6.45) is 9.16. The molecule has 3 aliphatic heterocycles. The summed E-state index contributed by atoms with van der Waals surface area (Å²) in [5, 5.41) is 12.2. The van der Waals surface area contributed by atoms with E-state index in [0.29, 0.717) is 6.04 Å². The number of benzene rings is 2. The van der Waals surface area contributed by atoms with Crippen molar-refractivity contribution in [3.63, 3.8) is 0 Å². The van der Waals surface area contributed by atoms with Crippen molar-refractivity contribution in [2.45, 2.75) is 68.4 Å². The number of fused-ring (bicyclic) bond motifs is 3. The summed E-state index contributed by atoms with van der Waals surface area (Å²) >= 11 is 0. The van der Waals surface area contributed by atoms with E-state index >= 15 is 0 Å².